The second-order valence-corrected chi connectivity index (χ2v) is 11.9. The first kappa shape index (κ1) is 21.8. The van der Waals surface area contributed by atoms with Crippen molar-refractivity contribution in [2.24, 2.45) is 5.92 Å². The molecule has 2 aromatic heterocycles. The van der Waals surface area contributed by atoms with Gasteiger partial charge in [-0.3, -0.25) is 4.79 Å². The van der Waals surface area contributed by atoms with E-state index in [1.165, 1.54) is 98.6 Å². The molecule has 6 heteroatoms. The fourth-order valence-corrected chi connectivity index (χ4v) is 7.94. The Bertz CT molecular complexity index is 997. The molecular weight excluding hydrogens is 428 g/mol. The van der Waals surface area contributed by atoms with E-state index in [9.17, 15) is 4.79 Å². The van der Waals surface area contributed by atoms with Crippen LogP contribution in [0.2, 0.25) is 0 Å². The molecule has 0 atom stereocenters. The molecule has 2 aromatic rings. The fourth-order valence-electron chi connectivity index (χ4n) is 6.67. The number of aryl methyl sites for hydroxylation is 2. The van der Waals surface area contributed by atoms with Crippen LogP contribution in [0.5, 0.6) is 0 Å². The summed E-state index contributed by atoms with van der Waals surface area (Å²) in [4.78, 5) is 31.0. The maximum Gasteiger partial charge on any atom is 0.225 e. The van der Waals surface area contributed by atoms with Gasteiger partial charge in [0.05, 0.1) is 5.39 Å². The number of nitrogens with zero attached hydrogens (tertiary/aromatic N) is 4. The van der Waals surface area contributed by atoms with Gasteiger partial charge in [0, 0.05) is 42.9 Å². The number of hydrogen-bond acceptors (Lipinski definition) is 5. The molecule has 1 saturated heterocycles. The lowest BCUT2D eigenvalue weighted by Gasteiger charge is -2.38. The average Bonchev–Trinajstić information content (AvgIpc) is 3.27. The molecule has 3 aliphatic carbocycles. The molecule has 5 nitrogen and oxygen atoms in total. The molecule has 3 fully saturated rings. The van der Waals surface area contributed by atoms with Crippen LogP contribution in [0.15, 0.2) is 0 Å². The third-order valence-corrected chi connectivity index (χ3v) is 9.81. The highest BCUT2D eigenvalue weighted by molar-refractivity contribution is 7.19. The molecule has 0 bridgehead atoms. The Balaban J connectivity index is 1.28. The summed E-state index contributed by atoms with van der Waals surface area (Å²) in [5.41, 5.74) is 1.53. The monoisotopic (exact) mass is 466 g/mol. The molecule has 0 unspecified atom stereocenters. The molecule has 2 saturated carbocycles. The van der Waals surface area contributed by atoms with Gasteiger partial charge >= 0.3 is 0 Å². The third kappa shape index (κ3) is 4.28. The van der Waals surface area contributed by atoms with E-state index in [-0.39, 0.29) is 5.92 Å². The highest BCUT2D eigenvalue weighted by Crippen LogP contribution is 2.42. The van der Waals surface area contributed by atoms with E-state index in [0.29, 0.717) is 11.8 Å². The van der Waals surface area contributed by atoms with Crippen molar-refractivity contribution >= 4 is 33.3 Å². The smallest absolute Gasteiger partial charge is 0.225 e. The van der Waals surface area contributed by atoms with Crippen LogP contribution < -0.4 is 4.90 Å². The summed E-state index contributed by atoms with van der Waals surface area (Å²) in [6.07, 6.45) is 17.4. The van der Waals surface area contributed by atoms with E-state index in [1.54, 1.807) is 4.88 Å². The van der Waals surface area contributed by atoms with Crippen molar-refractivity contribution in [1.82, 2.24) is 14.9 Å². The summed E-state index contributed by atoms with van der Waals surface area (Å²) >= 11 is 1.94. The van der Waals surface area contributed by atoms with E-state index in [0.717, 1.165) is 44.8 Å². The van der Waals surface area contributed by atoms with E-state index >= 15 is 0 Å². The van der Waals surface area contributed by atoms with E-state index in [4.69, 9.17) is 9.97 Å². The van der Waals surface area contributed by atoms with Crippen LogP contribution >= 0.6 is 11.3 Å². The minimum atomic E-state index is 0.276. The Labute approximate surface area is 202 Å². The summed E-state index contributed by atoms with van der Waals surface area (Å²) in [7, 11) is 0. The van der Waals surface area contributed by atoms with Crippen LogP contribution in [0.25, 0.3) is 10.2 Å². The Morgan fingerprint density at radius 1 is 0.788 bits per heavy atom. The zero-order valence-corrected chi connectivity index (χ0v) is 20.8. The first-order valence-electron chi connectivity index (χ1n) is 13.6. The molecule has 0 N–H and O–H groups in total. The van der Waals surface area contributed by atoms with Crippen LogP contribution in [-0.2, 0) is 17.6 Å². The minimum Gasteiger partial charge on any atom is -0.352 e. The number of aromatic nitrogens is 2. The van der Waals surface area contributed by atoms with E-state index in [1.807, 2.05) is 11.3 Å². The normalized spacial score (nSPS) is 23.2. The van der Waals surface area contributed by atoms with Gasteiger partial charge in [0.1, 0.15) is 16.5 Å². The first-order chi connectivity index (χ1) is 16.3. The predicted molar refractivity (Wildman–Crippen MR) is 135 cm³/mol. The standard InChI is InChI=1S/C27H38N4OS/c32-27(20-11-5-2-6-12-20)31-17-15-30(16-18-31)25-23-21-13-7-8-14-22(21)33-26(23)29-24(28-25)19-9-3-1-4-10-19/h19-20H,1-18H2. The lowest BCUT2D eigenvalue weighted by Crippen LogP contribution is -2.51. The molecule has 0 spiro atoms. The van der Waals surface area contributed by atoms with Crippen LogP contribution in [0.4, 0.5) is 5.82 Å². The van der Waals surface area contributed by atoms with E-state index < -0.39 is 0 Å². The van der Waals surface area contributed by atoms with E-state index in [2.05, 4.69) is 9.80 Å². The SMILES string of the molecule is O=C(C1CCCCC1)N1CCN(c2nc(C3CCCCC3)nc3sc4c(c23)CCCC4)CC1. The van der Waals surface area contributed by atoms with Crippen molar-refractivity contribution in [3.05, 3.63) is 16.3 Å². The van der Waals surface area contributed by atoms with Gasteiger partial charge in [-0.2, -0.15) is 0 Å². The van der Waals surface area contributed by atoms with Gasteiger partial charge in [-0.05, 0) is 56.9 Å². The van der Waals surface area contributed by atoms with Crippen molar-refractivity contribution < 1.29 is 4.79 Å². The molecule has 3 heterocycles. The zero-order valence-electron chi connectivity index (χ0n) is 20.0. The Morgan fingerprint density at radius 2 is 1.48 bits per heavy atom. The zero-order chi connectivity index (χ0) is 22.2. The number of carbonyl (C=O) groups excluding carboxylic acids is 1. The highest BCUT2D eigenvalue weighted by Gasteiger charge is 2.31. The van der Waals surface area contributed by atoms with Crippen molar-refractivity contribution in [1.29, 1.82) is 0 Å². The molecule has 1 aliphatic heterocycles. The molecule has 1 amide bonds. The molecule has 4 aliphatic rings. The van der Waals surface area contributed by atoms with Gasteiger partial charge in [0.25, 0.3) is 0 Å². The first-order valence-corrected chi connectivity index (χ1v) is 14.5. The minimum absolute atomic E-state index is 0.276. The van der Waals surface area contributed by atoms with Gasteiger partial charge in [0.15, 0.2) is 0 Å². The lowest BCUT2D eigenvalue weighted by molar-refractivity contribution is -0.136. The Morgan fingerprint density at radius 3 is 2.24 bits per heavy atom. The maximum atomic E-state index is 13.1. The number of piperazine rings is 1. The van der Waals surface area contributed by atoms with Crippen LogP contribution in [0, 0.1) is 5.92 Å². The third-order valence-electron chi connectivity index (χ3n) is 8.63. The molecule has 0 radical (unpaired) electrons. The topological polar surface area (TPSA) is 49.3 Å². The molecular formula is C27H38N4OS. The van der Waals surface area contributed by atoms with Gasteiger partial charge in [-0.25, -0.2) is 9.97 Å². The number of amides is 1. The second kappa shape index (κ2) is 9.52. The summed E-state index contributed by atoms with van der Waals surface area (Å²) in [6, 6.07) is 0. The van der Waals surface area contributed by atoms with Gasteiger partial charge < -0.3 is 9.80 Å². The number of rotatable bonds is 3. The highest BCUT2D eigenvalue weighted by atomic mass is 32.1. The molecule has 0 aromatic carbocycles. The molecule has 33 heavy (non-hydrogen) atoms. The summed E-state index contributed by atoms with van der Waals surface area (Å²) in [5.74, 6) is 3.49. The van der Waals surface area contributed by atoms with Crippen molar-refractivity contribution in [2.75, 3.05) is 31.1 Å². The maximum absolute atomic E-state index is 13.1. The molecule has 6 rings (SSSR count). The lowest BCUT2D eigenvalue weighted by atomic mass is 9.88. The average molecular weight is 467 g/mol. The number of carbonyl (C=O) groups is 1. The summed E-state index contributed by atoms with van der Waals surface area (Å²) in [6.45, 7) is 3.48. The second-order valence-electron chi connectivity index (χ2n) is 10.8. The number of fused-ring (bicyclic) bond motifs is 3. The van der Waals surface area contributed by atoms with Crippen LogP contribution in [0.3, 0.4) is 0 Å². The summed E-state index contributed by atoms with van der Waals surface area (Å²) in [5, 5.41) is 1.35. The fraction of sp³-hybridized carbons (Fsp3) is 0.741. The van der Waals surface area contributed by atoms with Crippen molar-refractivity contribution in [3.63, 3.8) is 0 Å². The molecule has 178 valence electrons. The van der Waals surface area contributed by atoms with Crippen LogP contribution in [0.1, 0.15) is 99.2 Å². The number of hydrogen-bond donors (Lipinski definition) is 0. The van der Waals surface area contributed by atoms with Crippen LogP contribution in [-0.4, -0.2) is 47.0 Å². The Hall–Kier alpha value is -1.69. The number of thiophene rings is 1. The predicted octanol–water partition coefficient (Wildman–Crippen LogP) is 5.85. The van der Waals surface area contributed by atoms with Gasteiger partial charge in [-0.15, -0.1) is 11.3 Å². The van der Waals surface area contributed by atoms with Crippen molar-refractivity contribution in [2.45, 2.75) is 95.8 Å². The quantitative estimate of drug-likeness (QED) is 0.570. The Kier molecular flexibility index (Phi) is 6.29. The van der Waals surface area contributed by atoms with Gasteiger partial charge in [0.2, 0.25) is 5.91 Å². The van der Waals surface area contributed by atoms with Gasteiger partial charge in [-0.1, -0.05) is 38.5 Å². The van der Waals surface area contributed by atoms with Crippen molar-refractivity contribution in [3.8, 4) is 0 Å². The number of anilines is 1. The largest absolute Gasteiger partial charge is 0.352 e. The summed E-state index contributed by atoms with van der Waals surface area (Å²) < 4.78 is 0.